The van der Waals surface area contributed by atoms with Crippen molar-refractivity contribution in [2.24, 2.45) is 0 Å². The van der Waals surface area contributed by atoms with Crippen molar-refractivity contribution in [3.05, 3.63) is 52.0 Å². The van der Waals surface area contributed by atoms with Crippen molar-refractivity contribution in [1.82, 2.24) is 14.7 Å². The van der Waals surface area contributed by atoms with Crippen LogP contribution in [0.3, 0.4) is 0 Å². The van der Waals surface area contributed by atoms with Crippen molar-refractivity contribution in [1.29, 1.82) is 0 Å². The quantitative estimate of drug-likeness (QED) is 0.791. The van der Waals surface area contributed by atoms with Crippen molar-refractivity contribution >= 4 is 29.1 Å². The van der Waals surface area contributed by atoms with Gasteiger partial charge in [-0.3, -0.25) is 9.48 Å². The van der Waals surface area contributed by atoms with Gasteiger partial charge in [-0.2, -0.15) is 5.10 Å². The van der Waals surface area contributed by atoms with E-state index in [0.717, 1.165) is 25.7 Å². The van der Waals surface area contributed by atoms with Crippen LogP contribution in [0.15, 0.2) is 30.6 Å². The molecule has 24 heavy (non-hydrogen) atoms. The van der Waals surface area contributed by atoms with E-state index in [1.54, 1.807) is 6.20 Å². The van der Waals surface area contributed by atoms with Crippen LogP contribution in [-0.4, -0.2) is 32.7 Å². The number of halogens is 3. The molecule has 4 rings (SSSR count). The summed E-state index contributed by atoms with van der Waals surface area (Å²) >= 11 is 11.9. The molecule has 2 fully saturated rings. The minimum Gasteiger partial charge on any atom is -0.333 e. The number of hydrogen-bond acceptors (Lipinski definition) is 2. The number of nitrogens with zero attached hydrogens (tertiary/aromatic N) is 3. The predicted molar refractivity (Wildman–Crippen MR) is 89.9 cm³/mol. The molecule has 0 saturated carbocycles. The summed E-state index contributed by atoms with van der Waals surface area (Å²) in [5.74, 6) is -0.625. The molecule has 0 radical (unpaired) electrons. The first-order valence-corrected chi connectivity index (χ1v) is 8.75. The Morgan fingerprint density at radius 1 is 1.08 bits per heavy atom. The Hall–Kier alpha value is -1.59. The number of carbonyl (C=O) groups is 1. The van der Waals surface area contributed by atoms with Crippen molar-refractivity contribution in [2.75, 3.05) is 0 Å². The summed E-state index contributed by atoms with van der Waals surface area (Å²) in [7, 11) is 0. The second kappa shape index (κ2) is 6.05. The zero-order valence-electron chi connectivity index (χ0n) is 12.8. The van der Waals surface area contributed by atoms with E-state index in [0.29, 0.717) is 10.6 Å². The molecule has 2 bridgehead atoms. The third kappa shape index (κ3) is 2.80. The molecule has 2 aromatic rings. The average Bonchev–Trinajstić information content (AvgIpc) is 3.07. The molecule has 2 aliphatic heterocycles. The smallest absolute Gasteiger partial charge is 0.254 e. The Morgan fingerprint density at radius 3 is 2.38 bits per heavy atom. The van der Waals surface area contributed by atoms with Crippen LogP contribution >= 0.6 is 23.2 Å². The Morgan fingerprint density at radius 2 is 1.79 bits per heavy atom. The average molecular weight is 368 g/mol. The zero-order chi connectivity index (χ0) is 16.8. The largest absolute Gasteiger partial charge is 0.333 e. The van der Waals surface area contributed by atoms with E-state index < -0.39 is 5.82 Å². The monoisotopic (exact) mass is 367 g/mol. The lowest BCUT2D eigenvalue weighted by atomic mass is 9.96. The highest BCUT2D eigenvalue weighted by atomic mass is 35.5. The lowest BCUT2D eigenvalue weighted by Crippen LogP contribution is -2.47. The molecular formula is C17H16Cl2FN3O. The fourth-order valence-corrected chi connectivity index (χ4v) is 4.40. The van der Waals surface area contributed by atoms with E-state index in [4.69, 9.17) is 23.2 Å². The Bertz CT molecular complexity index is 760. The maximum atomic E-state index is 13.6. The topological polar surface area (TPSA) is 38.1 Å². The van der Waals surface area contributed by atoms with E-state index in [-0.39, 0.29) is 29.1 Å². The van der Waals surface area contributed by atoms with E-state index >= 15 is 0 Å². The first kappa shape index (κ1) is 15.9. The summed E-state index contributed by atoms with van der Waals surface area (Å²) in [4.78, 5) is 14.8. The van der Waals surface area contributed by atoms with Gasteiger partial charge in [0.05, 0.1) is 17.3 Å². The molecular weight excluding hydrogens is 352 g/mol. The van der Waals surface area contributed by atoms with E-state index in [2.05, 4.69) is 5.10 Å². The number of piperidine rings is 1. The standard InChI is InChI=1S/C17H16Cl2FN3O/c18-11-3-10(4-13(20)5-11)17(24)23-14-1-2-15(23)7-16(6-14)22-9-12(19)8-21-22/h3-5,8-9,14-16H,1-2,6-7H2. The van der Waals surface area contributed by atoms with Gasteiger partial charge in [0, 0.05) is 28.9 Å². The zero-order valence-corrected chi connectivity index (χ0v) is 14.3. The number of carbonyl (C=O) groups excluding carboxylic acids is 1. The Kier molecular flexibility index (Phi) is 4.01. The van der Waals surface area contributed by atoms with Crippen molar-refractivity contribution in [3.63, 3.8) is 0 Å². The van der Waals surface area contributed by atoms with Gasteiger partial charge in [0.1, 0.15) is 5.82 Å². The van der Waals surface area contributed by atoms with Gasteiger partial charge in [0.15, 0.2) is 0 Å². The summed E-state index contributed by atoms with van der Waals surface area (Å²) in [6.07, 6.45) is 7.06. The van der Waals surface area contributed by atoms with Crippen LogP contribution in [0.2, 0.25) is 10.0 Å². The van der Waals surface area contributed by atoms with Gasteiger partial charge in [-0.05, 0) is 43.9 Å². The molecule has 1 amide bonds. The molecule has 126 valence electrons. The third-order valence-electron chi connectivity index (χ3n) is 5.00. The highest BCUT2D eigenvalue weighted by molar-refractivity contribution is 6.31. The first-order valence-electron chi connectivity index (χ1n) is 7.99. The fraction of sp³-hybridized carbons (Fsp3) is 0.412. The highest BCUT2D eigenvalue weighted by Gasteiger charge is 2.44. The first-order chi connectivity index (χ1) is 11.5. The van der Waals surface area contributed by atoms with Crippen LogP contribution < -0.4 is 0 Å². The molecule has 0 aliphatic carbocycles. The van der Waals surface area contributed by atoms with E-state index in [9.17, 15) is 9.18 Å². The fourth-order valence-electron chi connectivity index (χ4n) is 4.04. The van der Waals surface area contributed by atoms with Crippen LogP contribution in [0.4, 0.5) is 4.39 Å². The molecule has 2 aliphatic rings. The lowest BCUT2D eigenvalue weighted by molar-refractivity contribution is 0.0524. The number of fused-ring (bicyclic) bond motifs is 2. The van der Waals surface area contributed by atoms with Crippen LogP contribution in [0, 0.1) is 5.82 Å². The molecule has 1 aromatic heterocycles. The van der Waals surface area contributed by atoms with E-state index in [1.165, 1.54) is 18.2 Å². The molecule has 7 heteroatoms. The van der Waals surface area contributed by atoms with Crippen LogP contribution in [0.25, 0.3) is 0 Å². The van der Waals surface area contributed by atoms with Crippen molar-refractivity contribution in [2.45, 2.75) is 43.8 Å². The van der Waals surface area contributed by atoms with Gasteiger partial charge < -0.3 is 4.90 Å². The Balaban J connectivity index is 1.57. The molecule has 2 unspecified atom stereocenters. The minimum atomic E-state index is -0.487. The summed E-state index contributed by atoms with van der Waals surface area (Å²) in [5, 5.41) is 5.16. The molecule has 2 atom stereocenters. The van der Waals surface area contributed by atoms with Gasteiger partial charge in [-0.1, -0.05) is 23.2 Å². The van der Waals surface area contributed by atoms with Crippen LogP contribution in [-0.2, 0) is 0 Å². The molecule has 0 spiro atoms. The third-order valence-corrected chi connectivity index (χ3v) is 5.41. The van der Waals surface area contributed by atoms with E-state index in [1.807, 2.05) is 15.8 Å². The summed E-state index contributed by atoms with van der Waals surface area (Å²) in [6, 6.07) is 4.53. The number of benzene rings is 1. The van der Waals surface area contributed by atoms with Gasteiger partial charge >= 0.3 is 0 Å². The second-order valence-corrected chi connectivity index (χ2v) is 7.39. The molecule has 2 saturated heterocycles. The summed E-state index contributed by atoms with van der Waals surface area (Å²) in [5.41, 5.74) is 0.317. The summed E-state index contributed by atoms with van der Waals surface area (Å²) < 4.78 is 15.5. The van der Waals surface area contributed by atoms with Crippen molar-refractivity contribution in [3.8, 4) is 0 Å². The molecule has 0 N–H and O–H groups in total. The summed E-state index contributed by atoms with van der Waals surface area (Å²) in [6.45, 7) is 0. The van der Waals surface area contributed by atoms with Gasteiger partial charge in [0.25, 0.3) is 5.91 Å². The number of amides is 1. The number of aromatic nitrogens is 2. The highest BCUT2D eigenvalue weighted by Crippen LogP contribution is 2.41. The van der Waals surface area contributed by atoms with Gasteiger partial charge in [-0.15, -0.1) is 0 Å². The second-order valence-electron chi connectivity index (χ2n) is 6.52. The predicted octanol–water partition coefficient (Wildman–Crippen LogP) is 4.34. The molecule has 4 nitrogen and oxygen atoms in total. The Labute approximate surface area is 149 Å². The molecule has 3 heterocycles. The minimum absolute atomic E-state index is 0.138. The maximum absolute atomic E-state index is 13.6. The van der Waals surface area contributed by atoms with Crippen LogP contribution in [0.5, 0.6) is 0 Å². The van der Waals surface area contributed by atoms with Gasteiger partial charge in [-0.25, -0.2) is 4.39 Å². The lowest BCUT2D eigenvalue weighted by Gasteiger charge is -2.39. The van der Waals surface area contributed by atoms with Gasteiger partial charge in [0.2, 0.25) is 0 Å². The SMILES string of the molecule is O=C(c1cc(F)cc(Cl)c1)N1C2CCC1CC(n1cc(Cl)cn1)C2. The number of rotatable bonds is 2. The van der Waals surface area contributed by atoms with Crippen molar-refractivity contribution < 1.29 is 9.18 Å². The maximum Gasteiger partial charge on any atom is 0.254 e. The molecule has 1 aromatic carbocycles. The van der Waals surface area contributed by atoms with Crippen LogP contribution in [0.1, 0.15) is 42.1 Å². The number of hydrogen-bond donors (Lipinski definition) is 0. The normalized spacial score (nSPS) is 26.0.